The van der Waals surface area contributed by atoms with Gasteiger partial charge in [-0.05, 0) is 48.8 Å². The normalized spacial score (nSPS) is 16.2. The summed E-state index contributed by atoms with van der Waals surface area (Å²) in [7, 11) is 3.28. The van der Waals surface area contributed by atoms with Crippen molar-refractivity contribution in [3.63, 3.8) is 0 Å². The molecule has 0 aromatic heterocycles. The number of rotatable bonds is 8. The van der Waals surface area contributed by atoms with Gasteiger partial charge in [-0.3, -0.25) is 4.99 Å². The minimum absolute atomic E-state index is 0.440. The van der Waals surface area contributed by atoms with E-state index in [-0.39, 0.29) is 0 Å². The van der Waals surface area contributed by atoms with Gasteiger partial charge in [-0.25, -0.2) is 0 Å². The zero-order valence-electron chi connectivity index (χ0n) is 13.8. The summed E-state index contributed by atoms with van der Waals surface area (Å²) in [5.41, 5.74) is 7.54. The average Bonchev–Trinajstić information content (AvgIpc) is 3.33. The van der Waals surface area contributed by atoms with Crippen LogP contribution in [0.5, 0.6) is 11.5 Å². The van der Waals surface area contributed by atoms with Crippen LogP contribution in [0.3, 0.4) is 0 Å². The monoisotopic (exact) mass is 305 g/mol. The molecule has 122 valence electrons. The predicted octanol–water partition coefficient (Wildman–Crippen LogP) is 2.34. The van der Waals surface area contributed by atoms with Gasteiger partial charge in [0.25, 0.3) is 0 Å². The first kappa shape index (κ1) is 16.5. The van der Waals surface area contributed by atoms with Gasteiger partial charge in [0.05, 0.1) is 14.2 Å². The van der Waals surface area contributed by atoms with Crippen LogP contribution in [0.4, 0.5) is 0 Å². The molecule has 2 rings (SSSR count). The molecule has 1 fully saturated rings. The fraction of sp³-hybridized carbons (Fsp3) is 0.588. The lowest BCUT2D eigenvalue weighted by Crippen LogP contribution is -2.33. The van der Waals surface area contributed by atoms with E-state index >= 15 is 0 Å². The number of nitrogens with zero attached hydrogens (tertiary/aromatic N) is 1. The molecule has 0 unspecified atom stereocenters. The first-order valence-corrected chi connectivity index (χ1v) is 7.87. The molecular formula is C17H27N3O2. The van der Waals surface area contributed by atoms with E-state index in [9.17, 15) is 0 Å². The second kappa shape index (κ2) is 7.38. The molecule has 5 heteroatoms. The highest BCUT2D eigenvalue weighted by Crippen LogP contribution is 2.48. The Kier molecular flexibility index (Phi) is 5.52. The lowest BCUT2D eigenvalue weighted by molar-refractivity contribution is 0.354. The Hall–Kier alpha value is -1.91. The van der Waals surface area contributed by atoms with Crippen LogP contribution in [0, 0.1) is 5.41 Å². The molecule has 0 spiro atoms. The van der Waals surface area contributed by atoms with Crippen molar-refractivity contribution in [3.05, 3.63) is 23.8 Å². The molecule has 5 nitrogen and oxygen atoms in total. The molecule has 1 aromatic rings. The number of benzene rings is 1. The number of methoxy groups -OCH3 is 2. The lowest BCUT2D eigenvalue weighted by Gasteiger charge is -2.11. The highest BCUT2D eigenvalue weighted by Gasteiger charge is 2.40. The quantitative estimate of drug-likeness (QED) is 0.571. The minimum Gasteiger partial charge on any atom is -0.493 e. The van der Waals surface area contributed by atoms with Gasteiger partial charge in [0, 0.05) is 13.1 Å². The van der Waals surface area contributed by atoms with Crippen molar-refractivity contribution in [3.8, 4) is 11.5 Å². The Morgan fingerprint density at radius 2 is 2.00 bits per heavy atom. The summed E-state index contributed by atoms with van der Waals surface area (Å²) >= 11 is 0. The topological polar surface area (TPSA) is 68.9 Å². The molecule has 3 N–H and O–H groups in total. The van der Waals surface area contributed by atoms with E-state index in [1.165, 1.54) is 24.8 Å². The molecule has 1 saturated carbocycles. The van der Waals surface area contributed by atoms with Crippen molar-refractivity contribution in [1.82, 2.24) is 5.32 Å². The van der Waals surface area contributed by atoms with Gasteiger partial charge in [-0.15, -0.1) is 0 Å². The molecule has 1 aromatic carbocycles. The van der Waals surface area contributed by atoms with Gasteiger partial charge in [-0.2, -0.15) is 0 Å². The van der Waals surface area contributed by atoms with Crippen molar-refractivity contribution < 1.29 is 9.47 Å². The van der Waals surface area contributed by atoms with Crippen molar-refractivity contribution in [2.45, 2.75) is 32.6 Å². The summed E-state index contributed by atoms with van der Waals surface area (Å²) in [6, 6.07) is 5.94. The Bertz CT molecular complexity index is 525. The average molecular weight is 305 g/mol. The van der Waals surface area contributed by atoms with Gasteiger partial charge in [-0.1, -0.05) is 13.0 Å². The molecular weight excluding hydrogens is 278 g/mol. The van der Waals surface area contributed by atoms with Gasteiger partial charge in [0.1, 0.15) is 0 Å². The van der Waals surface area contributed by atoms with E-state index < -0.39 is 0 Å². The second-order valence-corrected chi connectivity index (χ2v) is 5.92. The van der Waals surface area contributed by atoms with Crippen LogP contribution in [0.25, 0.3) is 0 Å². The van der Waals surface area contributed by atoms with Gasteiger partial charge in [0.2, 0.25) is 0 Å². The summed E-state index contributed by atoms with van der Waals surface area (Å²) < 4.78 is 10.5. The number of hydrogen-bond acceptors (Lipinski definition) is 3. The smallest absolute Gasteiger partial charge is 0.188 e. The van der Waals surface area contributed by atoms with E-state index in [4.69, 9.17) is 15.2 Å². The van der Waals surface area contributed by atoms with Crippen LogP contribution in [0.15, 0.2) is 23.2 Å². The highest BCUT2D eigenvalue weighted by atomic mass is 16.5. The van der Waals surface area contributed by atoms with Crippen LogP contribution in [0.2, 0.25) is 0 Å². The maximum Gasteiger partial charge on any atom is 0.188 e. The van der Waals surface area contributed by atoms with Crippen molar-refractivity contribution in [1.29, 1.82) is 0 Å². The third-order valence-electron chi connectivity index (χ3n) is 4.46. The number of aliphatic imine (C=N–C) groups is 1. The Labute approximate surface area is 132 Å². The largest absolute Gasteiger partial charge is 0.493 e. The standard InChI is InChI=1S/C17H27N3O2/c1-4-17(8-9-17)12-20-16(18)19-10-7-13-5-6-14(21-2)15(11-13)22-3/h5-6,11H,4,7-10,12H2,1-3H3,(H3,18,19,20). The lowest BCUT2D eigenvalue weighted by atomic mass is 10.1. The van der Waals surface area contributed by atoms with Crippen molar-refractivity contribution in [2.75, 3.05) is 27.3 Å². The maximum atomic E-state index is 5.92. The van der Waals surface area contributed by atoms with Gasteiger partial charge in [0.15, 0.2) is 17.5 Å². The van der Waals surface area contributed by atoms with Crippen molar-refractivity contribution in [2.24, 2.45) is 16.1 Å². The van der Waals surface area contributed by atoms with Crippen LogP contribution in [0.1, 0.15) is 31.7 Å². The summed E-state index contributed by atoms with van der Waals surface area (Å²) in [5, 5.41) is 3.18. The molecule has 0 saturated heterocycles. The first-order chi connectivity index (χ1) is 10.6. The van der Waals surface area contributed by atoms with E-state index in [1.807, 2.05) is 18.2 Å². The minimum atomic E-state index is 0.440. The SMILES string of the molecule is CCC1(CN=C(N)NCCc2ccc(OC)c(OC)c2)CC1. The Balaban J connectivity index is 1.79. The van der Waals surface area contributed by atoms with Crippen LogP contribution < -0.4 is 20.5 Å². The van der Waals surface area contributed by atoms with Crippen LogP contribution >= 0.6 is 0 Å². The molecule has 1 aliphatic rings. The number of nitrogens with two attached hydrogens (primary N) is 1. The zero-order valence-corrected chi connectivity index (χ0v) is 13.8. The van der Waals surface area contributed by atoms with E-state index in [2.05, 4.69) is 17.2 Å². The Morgan fingerprint density at radius 3 is 2.59 bits per heavy atom. The fourth-order valence-corrected chi connectivity index (χ4v) is 2.48. The van der Waals surface area contributed by atoms with Crippen molar-refractivity contribution >= 4 is 5.96 Å². The summed E-state index contributed by atoms with van der Waals surface area (Å²) in [6.07, 6.45) is 4.61. The van der Waals surface area contributed by atoms with Gasteiger partial charge < -0.3 is 20.5 Å². The third-order valence-corrected chi connectivity index (χ3v) is 4.46. The number of nitrogens with one attached hydrogen (secondary N) is 1. The molecule has 0 atom stereocenters. The second-order valence-electron chi connectivity index (χ2n) is 5.92. The summed E-state index contributed by atoms with van der Waals surface area (Å²) in [4.78, 5) is 4.46. The Morgan fingerprint density at radius 1 is 1.27 bits per heavy atom. The zero-order chi connectivity index (χ0) is 16.0. The summed E-state index contributed by atoms with van der Waals surface area (Å²) in [5.74, 6) is 2.04. The number of ether oxygens (including phenoxy) is 2. The maximum absolute atomic E-state index is 5.92. The molecule has 0 bridgehead atoms. The van der Waals surface area contributed by atoms with Crippen LogP contribution in [-0.2, 0) is 6.42 Å². The predicted molar refractivity (Wildman–Crippen MR) is 89.7 cm³/mol. The van der Waals surface area contributed by atoms with Crippen LogP contribution in [-0.4, -0.2) is 33.3 Å². The van der Waals surface area contributed by atoms with Gasteiger partial charge >= 0.3 is 0 Å². The van der Waals surface area contributed by atoms with E-state index in [1.54, 1.807) is 14.2 Å². The summed E-state index contributed by atoms with van der Waals surface area (Å²) in [6.45, 7) is 3.83. The molecule has 0 aliphatic heterocycles. The van der Waals surface area contributed by atoms with E-state index in [0.29, 0.717) is 11.4 Å². The molecule has 22 heavy (non-hydrogen) atoms. The fourth-order valence-electron chi connectivity index (χ4n) is 2.48. The molecule has 0 radical (unpaired) electrons. The van der Waals surface area contributed by atoms with E-state index in [0.717, 1.165) is 31.0 Å². The number of guanidine groups is 1. The molecule has 0 amide bonds. The highest BCUT2D eigenvalue weighted by molar-refractivity contribution is 5.77. The first-order valence-electron chi connectivity index (χ1n) is 7.87. The number of hydrogen-bond donors (Lipinski definition) is 2. The third kappa shape index (κ3) is 4.29. The molecule has 1 aliphatic carbocycles. The molecule has 0 heterocycles.